The molecule has 29 heavy (non-hydrogen) atoms. The Labute approximate surface area is 182 Å². The zero-order valence-electron chi connectivity index (χ0n) is 16.0. The van der Waals surface area contributed by atoms with Gasteiger partial charge in [-0.1, -0.05) is 60.1 Å². The molecule has 0 bridgehead atoms. The van der Waals surface area contributed by atoms with Crippen LogP contribution in [0.25, 0.3) is 0 Å². The summed E-state index contributed by atoms with van der Waals surface area (Å²) in [6, 6.07) is 16.0. The van der Waals surface area contributed by atoms with Crippen LogP contribution in [0.5, 0.6) is 0 Å². The van der Waals surface area contributed by atoms with Gasteiger partial charge >= 0.3 is 12.1 Å². The van der Waals surface area contributed by atoms with Gasteiger partial charge in [0.25, 0.3) is 0 Å². The van der Waals surface area contributed by atoms with Crippen molar-refractivity contribution in [1.82, 2.24) is 5.32 Å². The van der Waals surface area contributed by atoms with Crippen LogP contribution in [0.3, 0.4) is 0 Å². The molecule has 1 unspecified atom stereocenters. The van der Waals surface area contributed by atoms with Gasteiger partial charge in [0.1, 0.15) is 19.3 Å². The fourth-order valence-corrected chi connectivity index (χ4v) is 2.63. The summed E-state index contributed by atoms with van der Waals surface area (Å²) in [4.78, 5) is 23.6. The van der Waals surface area contributed by atoms with Crippen molar-refractivity contribution in [3.63, 3.8) is 0 Å². The van der Waals surface area contributed by atoms with Crippen molar-refractivity contribution in [1.29, 1.82) is 0 Å². The minimum atomic E-state index is -0.670. The van der Waals surface area contributed by atoms with E-state index in [1.54, 1.807) is 12.1 Å². The molecule has 0 saturated heterocycles. The molecule has 0 aromatic heterocycles. The van der Waals surface area contributed by atoms with Gasteiger partial charge < -0.3 is 20.5 Å². The normalized spacial score (nSPS) is 11.1. The molecule has 0 aliphatic heterocycles. The summed E-state index contributed by atoms with van der Waals surface area (Å²) in [5.74, 6) is -0.420. The Morgan fingerprint density at radius 2 is 1.66 bits per heavy atom. The number of alkyl carbamates (subject to hydrolysis) is 1. The van der Waals surface area contributed by atoms with Gasteiger partial charge in [-0.15, -0.1) is 12.4 Å². The van der Waals surface area contributed by atoms with Crippen LogP contribution in [0.1, 0.15) is 30.4 Å². The summed E-state index contributed by atoms with van der Waals surface area (Å²) in [6.07, 6.45) is 1.35. The number of benzene rings is 2. The van der Waals surface area contributed by atoms with Gasteiger partial charge in [-0.05, 0) is 30.9 Å². The second kappa shape index (κ2) is 13.8. The molecule has 1 amide bonds. The van der Waals surface area contributed by atoms with Gasteiger partial charge in [0, 0.05) is 17.1 Å². The topological polar surface area (TPSA) is 90.6 Å². The number of nitrogens with one attached hydrogen (secondary N) is 1. The van der Waals surface area contributed by atoms with Gasteiger partial charge in [0.15, 0.2) is 0 Å². The number of hydrogen-bond acceptors (Lipinski definition) is 5. The molecule has 0 saturated carbocycles. The number of ether oxygens (including phenoxy) is 2. The van der Waals surface area contributed by atoms with E-state index in [1.807, 2.05) is 42.5 Å². The summed E-state index contributed by atoms with van der Waals surface area (Å²) in [7, 11) is 0. The molecule has 0 fully saturated rings. The highest BCUT2D eigenvalue weighted by molar-refractivity contribution is 6.31. The molecule has 0 aliphatic carbocycles. The first-order valence-electron chi connectivity index (χ1n) is 9.16. The highest BCUT2D eigenvalue weighted by Gasteiger charge is 2.14. The Morgan fingerprint density at radius 1 is 0.966 bits per heavy atom. The van der Waals surface area contributed by atoms with Crippen molar-refractivity contribution < 1.29 is 19.1 Å². The third-order valence-corrected chi connectivity index (χ3v) is 4.42. The second-order valence-electron chi connectivity index (χ2n) is 6.29. The molecule has 2 rings (SSSR count). The lowest BCUT2D eigenvalue weighted by atomic mass is 10.1. The van der Waals surface area contributed by atoms with E-state index in [1.165, 1.54) is 0 Å². The summed E-state index contributed by atoms with van der Waals surface area (Å²) >= 11 is 6.00. The van der Waals surface area contributed by atoms with Crippen LogP contribution >= 0.6 is 24.0 Å². The Morgan fingerprint density at radius 3 is 2.38 bits per heavy atom. The maximum absolute atomic E-state index is 11.9. The van der Waals surface area contributed by atoms with Crippen LogP contribution in [0.2, 0.25) is 5.02 Å². The molecule has 2 aromatic carbocycles. The van der Waals surface area contributed by atoms with Gasteiger partial charge in [-0.3, -0.25) is 4.79 Å². The quantitative estimate of drug-likeness (QED) is 0.426. The molecular weight excluding hydrogens is 415 g/mol. The summed E-state index contributed by atoms with van der Waals surface area (Å²) < 4.78 is 10.3. The molecule has 0 aliphatic rings. The van der Waals surface area contributed by atoms with Crippen LogP contribution in [-0.4, -0.2) is 24.6 Å². The molecule has 0 radical (unpaired) electrons. The fourth-order valence-electron chi connectivity index (χ4n) is 2.44. The molecule has 6 nitrogen and oxygen atoms in total. The van der Waals surface area contributed by atoms with Crippen molar-refractivity contribution >= 4 is 36.1 Å². The molecule has 0 spiro atoms. The smallest absolute Gasteiger partial charge is 0.407 e. The average molecular weight is 441 g/mol. The first-order valence-corrected chi connectivity index (χ1v) is 9.54. The lowest BCUT2D eigenvalue weighted by Gasteiger charge is -2.12. The van der Waals surface area contributed by atoms with Crippen LogP contribution in [0.4, 0.5) is 4.79 Å². The maximum Gasteiger partial charge on any atom is 0.407 e. The van der Waals surface area contributed by atoms with Crippen molar-refractivity contribution in [2.24, 2.45) is 5.73 Å². The van der Waals surface area contributed by atoms with Crippen LogP contribution in [0, 0.1) is 0 Å². The third-order valence-electron chi connectivity index (χ3n) is 4.05. The van der Waals surface area contributed by atoms with Crippen molar-refractivity contribution in [3.8, 4) is 0 Å². The van der Waals surface area contributed by atoms with E-state index in [0.717, 1.165) is 11.1 Å². The lowest BCUT2D eigenvalue weighted by Crippen LogP contribution is -2.32. The molecule has 2 aromatic rings. The summed E-state index contributed by atoms with van der Waals surface area (Å²) in [5.41, 5.74) is 7.52. The van der Waals surface area contributed by atoms with E-state index >= 15 is 0 Å². The number of unbranched alkanes of at least 4 members (excludes halogenated alkanes) is 1. The van der Waals surface area contributed by atoms with Gasteiger partial charge in [-0.25, -0.2) is 4.79 Å². The first kappa shape index (κ1) is 24.8. The SMILES string of the molecule is Cl.NC(CCCCNC(=O)OCc1ccccc1Cl)C(=O)OCc1ccccc1. The zero-order chi connectivity index (χ0) is 20.2. The highest BCUT2D eigenvalue weighted by Crippen LogP contribution is 2.15. The van der Waals surface area contributed by atoms with Gasteiger partial charge in [-0.2, -0.15) is 0 Å². The minimum absolute atomic E-state index is 0. The standard InChI is InChI=1S/C21H25ClN2O4.ClH/c22-18-11-5-4-10-17(18)15-28-21(26)24-13-7-6-12-19(23)20(25)27-14-16-8-2-1-3-9-16;/h1-5,8-11,19H,6-7,12-15,23H2,(H,24,26);1H. The van der Waals surface area contributed by atoms with E-state index in [2.05, 4.69) is 5.32 Å². The first-order chi connectivity index (χ1) is 13.6. The predicted molar refractivity (Wildman–Crippen MR) is 115 cm³/mol. The number of esters is 1. The summed E-state index contributed by atoms with van der Waals surface area (Å²) in [6.45, 7) is 0.767. The fraction of sp³-hybridized carbons (Fsp3) is 0.333. The third kappa shape index (κ3) is 9.65. The minimum Gasteiger partial charge on any atom is -0.460 e. The Kier molecular flexibility index (Phi) is 11.8. The molecule has 158 valence electrons. The van der Waals surface area contributed by atoms with E-state index in [-0.39, 0.29) is 25.6 Å². The molecule has 8 heteroatoms. The molecule has 3 N–H and O–H groups in total. The van der Waals surface area contributed by atoms with E-state index in [4.69, 9.17) is 26.8 Å². The number of carbonyl (C=O) groups excluding carboxylic acids is 2. The predicted octanol–water partition coefficient (Wildman–Crippen LogP) is 4.23. The van der Waals surface area contributed by atoms with Crippen LogP contribution < -0.4 is 11.1 Å². The van der Waals surface area contributed by atoms with Crippen LogP contribution in [-0.2, 0) is 27.5 Å². The number of hydrogen-bond donors (Lipinski definition) is 2. The van der Waals surface area contributed by atoms with Gasteiger partial charge in [0.2, 0.25) is 0 Å². The van der Waals surface area contributed by atoms with E-state index in [9.17, 15) is 9.59 Å². The molecule has 1 atom stereocenters. The highest BCUT2D eigenvalue weighted by atomic mass is 35.5. The number of carbonyl (C=O) groups is 2. The average Bonchev–Trinajstić information content (AvgIpc) is 2.71. The van der Waals surface area contributed by atoms with Crippen molar-refractivity contribution in [2.75, 3.05) is 6.54 Å². The number of rotatable bonds is 10. The van der Waals surface area contributed by atoms with E-state index < -0.39 is 18.1 Å². The molecular formula is C21H26Cl2N2O4. The van der Waals surface area contributed by atoms with E-state index in [0.29, 0.717) is 30.8 Å². The van der Waals surface area contributed by atoms with Crippen molar-refractivity contribution in [2.45, 2.75) is 38.5 Å². The maximum atomic E-state index is 11.9. The Bertz CT molecular complexity index is 759. The lowest BCUT2D eigenvalue weighted by molar-refractivity contribution is -0.146. The number of nitrogens with two attached hydrogens (primary N) is 1. The summed E-state index contributed by atoms with van der Waals surface area (Å²) in [5, 5.41) is 3.22. The number of halogens is 2. The van der Waals surface area contributed by atoms with Gasteiger partial charge in [0.05, 0.1) is 0 Å². The zero-order valence-corrected chi connectivity index (χ0v) is 17.6. The Balaban J connectivity index is 0.00000420. The van der Waals surface area contributed by atoms with Crippen LogP contribution in [0.15, 0.2) is 54.6 Å². The Hall–Kier alpha value is -2.28. The number of amides is 1. The second-order valence-corrected chi connectivity index (χ2v) is 6.70. The largest absolute Gasteiger partial charge is 0.460 e. The van der Waals surface area contributed by atoms with Crippen molar-refractivity contribution in [3.05, 3.63) is 70.7 Å². The molecule has 0 heterocycles. The monoisotopic (exact) mass is 440 g/mol.